The first kappa shape index (κ1) is 11.7. The average molecular weight is 206 g/mol. The highest BCUT2D eigenvalue weighted by atomic mass is 16.2. The second kappa shape index (κ2) is 4.45. The summed E-state index contributed by atoms with van der Waals surface area (Å²) in [4.78, 5) is 11.7. The van der Waals surface area contributed by atoms with Crippen molar-refractivity contribution >= 4 is 5.91 Å². The molecule has 0 aliphatic heterocycles. The van der Waals surface area contributed by atoms with Gasteiger partial charge in [-0.25, -0.2) is 0 Å². The Labute approximate surface area is 90.7 Å². The number of carbonyl (C=O) groups is 1. The molecule has 0 fully saturated rings. The van der Waals surface area contributed by atoms with Gasteiger partial charge in [-0.15, -0.1) is 0 Å². The Kier molecular flexibility index (Phi) is 3.48. The second-order valence-electron chi connectivity index (χ2n) is 4.63. The standard InChI is InChI=1S/C12H18N2O/c1-12(2,3)14-11(15)10(13)9-7-5-4-6-8-9/h4-8,10H,13H2,1-3H3,(H,14,15). The predicted molar refractivity (Wildman–Crippen MR) is 61.3 cm³/mol. The first-order chi connectivity index (χ1) is 6.90. The molecule has 0 bridgehead atoms. The van der Waals surface area contributed by atoms with Crippen LogP contribution in [0.1, 0.15) is 32.4 Å². The van der Waals surface area contributed by atoms with Crippen molar-refractivity contribution < 1.29 is 4.79 Å². The van der Waals surface area contributed by atoms with Gasteiger partial charge in [0.2, 0.25) is 5.91 Å². The normalized spacial score (nSPS) is 13.3. The van der Waals surface area contributed by atoms with E-state index in [9.17, 15) is 4.79 Å². The molecule has 3 nitrogen and oxygen atoms in total. The minimum atomic E-state index is -0.592. The Morgan fingerprint density at radius 2 is 1.80 bits per heavy atom. The minimum absolute atomic E-state index is 0.145. The summed E-state index contributed by atoms with van der Waals surface area (Å²) in [5.41, 5.74) is 6.42. The lowest BCUT2D eigenvalue weighted by Crippen LogP contribution is -2.45. The lowest BCUT2D eigenvalue weighted by molar-refractivity contribution is -0.123. The van der Waals surface area contributed by atoms with Crippen LogP contribution >= 0.6 is 0 Å². The first-order valence-electron chi connectivity index (χ1n) is 5.03. The zero-order valence-electron chi connectivity index (χ0n) is 9.45. The van der Waals surface area contributed by atoms with Gasteiger partial charge in [-0.1, -0.05) is 30.3 Å². The third-order valence-electron chi connectivity index (χ3n) is 1.94. The van der Waals surface area contributed by atoms with Gasteiger partial charge in [-0.05, 0) is 26.3 Å². The quantitative estimate of drug-likeness (QED) is 0.772. The van der Waals surface area contributed by atoms with E-state index in [0.717, 1.165) is 5.56 Å². The molecule has 82 valence electrons. The third-order valence-corrected chi connectivity index (χ3v) is 1.94. The van der Waals surface area contributed by atoms with Crippen LogP contribution in [0, 0.1) is 0 Å². The summed E-state index contributed by atoms with van der Waals surface area (Å²) in [6, 6.07) is 8.77. The minimum Gasteiger partial charge on any atom is -0.350 e. The van der Waals surface area contributed by atoms with Crippen LogP contribution in [0.3, 0.4) is 0 Å². The molecule has 3 N–H and O–H groups in total. The maximum atomic E-state index is 11.7. The molecule has 0 heterocycles. The van der Waals surface area contributed by atoms with E-state index in [1.54, 1.807) is 0 Å². The van der Waals surface area contributed by atoms with Crippen molar-refractivity contribution in [2.75, 3.05) is 0 Å². The molecule has 0 aliphatic carbocycles. The highest BCUT2D eigenvalue weighted by molar-refractivity contribution is 5.83. The monoisotopic (exact) mass is 206 g/mol. The number of carbonyl (C=O) groups excluding carboxylic acids is 1. The lowest BCUT2D eigenvalue weighted by Gasteiger charge is -2.23. The van der Waals surface area contributed by atoms with Crippen LogP contribution in [0.2, 0.25) is 0 Å². The highest BCUT2D eigenvalue weighted by Crippen LogP contribution is 2.11. The van der Waals surface area contributed by atoms with Crippen molar-refractivity contribution in [1.82, 2.24) is 5.32 Å². The Bertz CT molecular complexity index is 327. The highest BCUT2D eigenvalue weighted by Gasteiger charge is 2.20. The van der Waals surface area contributed by atoms with E-state index in [0.29, 0.717) is 0 Å². The lowest BCUT2D eigenvalue weighted by atomic mass is 10.0. The summed E-state index contributed by atoms with van der Waals surface area (Å²) in [5, 5.41) is 2.85. The van der Waals surface area contributed by atoms with Crippen LogP contribution < -0.4 is 11.1 Å². The Balaban J connectivity index is 2.70. The van der Waals surface area contributed by atoms with E-state index >= 15 is 0 Å². The molecular formula is C12H18N2O. The number of hydrogen-bond donors (Lipinski definition) is 2. The molecule has 0 radical (unpaired) electrons. The molecule has 0 saturated heterocycles. The second-order valence-corrected chi connectivity index (χ2v) is 4.63. The van der Waals surface area contributed by atoms with E-state index in [-0.39, 0.29) is 11.4 Å². The molecule has 0 aromatic heterocycles. The predicted octanol–water partition coefficient (Wildman–Crippen LogP) is 1.60. The number of amides is 1. The molecule has 3 heteroatoms. The molecular weight excluding hydrogens is 188 g/mol. The van der Waals surface area contributed by atoms with Crippen LogP contribution in [0.25, 0.3) is 0 Å². The van der Waals surface area contributed by atoms with E-state index in [4.69, 9.17) is 5.73 Å². The summed E-state index contributed by atoms with van der Waals surface area (Å²) in [5.74, 6) is -0.145. The van der Waals surface area contributed by atoms with Crippen LogP contribution in [0.15, 0.2) is 30.3 Å². The van der Waals surface area contributed by atoms with Crippen molar-refractivity contribution in [3.63, 3.8) is 0 Å². The molecule has 15 heavy (non-hydrogen) atoms. The topological polar surface area (TPSA) is 55.1 Å². The fourth-order valence-electron chi connectivity index (χ4n) is 1.26. The van der Waals surface area contributed by atoms with Crippen molar-refractivity contribution in [3.8, 4) is 0 Å². The molecule has 1 rings (SSSR count). The van der Waals surface area contributed by atoms with Crippen molar-refractivity contribution in [2.45, 2.75) is 32.4 Å². The summed E-state index contributed by atoms with van der Waals surface area (Å²) in [7, 11) is 0. The summed E-state index contributed by atoms with van der Waals surface area (Å²) < 4.78 is 0. The van der Waals surface area contributed by atoms with E-state index in [1.165, 1.54) is 0 Å². The van der Waals surface area contributed by atoms with E-state index in [1.807, 2.05) is 51.1 Å². The number of benzene rings is 1. The van der Waals surface area contributed by atoms with Gasteiger partial charge in [0.1, 0.15) is 6.04 Å². The van der Waals surface area contributed by atoms with Crippen molar-refractivity contribution in [1.29, 1.82) is 0 Å². The molecule has 0 aliphatic rings. The number of nitrogens with two attached hydrogens (primary N) is 1. The zero-order chi connectivity index (χ0) is 11.5. The fraction of sp³-hybridized carbons (Fsp3) is 0.417. The molecule has 0 spiro atoms. The fourth-order valence-corrected chi connectivity index (χ4v) is 1.26. The van der Waals surface area contributed by atoms with E-state index < -0.39 is 6.04 Å². The Morgan fingerprint density at radius 3 is 2.27 bits per heavy atom. The molecule has 1 aromatic carbocycles. The largest absolute Gasteiger partial charge is 0.350 e. The molecule has 1 amide bonds. The number of nitrogens with one attached hydrogen (secondary N) is 1. The van der Waals surface area contributed by atoms with Crippen LogP contribution in [-0.4, -0.2) is 11.4 Å². The van der Waals surface area contributed by atoms with Gasteiger partial charge in [-0.3, -0.25) is 4.79 Å². The summed E-state index contributed by atoms with van der Waals surface area (Å²) >= 11 is 0. The van der Waals surface area contributed by atoms with Crippen LogP contribution in [-0.2, 0) is 4.79 Å². The van der Waals surface area contributed by atoms with E-state index in [2.05, 4.69) is 5.32 Å². The van der Waals surface area contributed by atoms with Gasteiger partial charge in [0.15, 0.2) is 0 Å². The maximum absolute atomic E-state index is 11.7. The first-order valence-corrected chi connectivity index (χ1v) is 5.03. The number of rotatable bonds is 2. The zero-order valence-corrected chi connectivity index (χ0v) is 9.45. The SMILES string of the molecule is CC(C)(C)NC(=O)C(N)c1ccccc1. The molecule has 1 unspecified atom stereocenters. The summed E-state index contributed by atoms with van der Waals surface area (Å²) in [6.07, 6.45) is 0. The van der Waals surface area contributed by atoms with Gasteiger partial charge in [0.25, 0.3) is 0 Å². The third kappa shape index (κ3) is 3.72. The van der Waals surface area contributed by atoms with Crippen molar-refractivity contribution in [2.24, 2.45) is 5.73 Å². The van der Waals surface area contributed by atoms with Crippen molar-refractivity contribution in [3.05, 3.63) is 35.9 Å². The van der Waals surface area contributed by atoms with Gasteiger partial charge < -0.3 is 11.1 Å². The van der Waals surface area contributed by atoms with Crippen LogP contribution in [0.4, 0.5) is 0 Å². The molecule has 0 saturated carbocycles. The average Bonchev–Trinajstić information content (AvgIpc) is 2.15. The van der Waals surface area contributed by atoms with Gasteiger partial charge in [0.05, 0.1) is 0 Å². The van der Waals surface area contributed by atoms with Gasteiger partial charge >= 0.3 is 0 Å². The Morgan fingerprint density at radius 1 is 1.27 bits per heavy atom. The summed E-state index contributed by atoms with van der Waals surface area (Å²) in [6.45, 7) is 5.80. The van der Waals surface area contributed by atoms with Crippen LogP contribution in [0.5, 0.6) is 0 Å². The number of hydrogen-bond acceptors (Lipinski definition) is 2. The molecule has 1 aromatic rings. The Hall–Kier alpha value is -1.35. The maximum Gasteiger partial charge on any atom is 0.241 e. The van der Waals surface area contributed by atoms with Gasteiger partial charge in [0, 0.05) is 5.54 Å². The smallest absolute Gasteiger partial charge is 0.241 e. The van der Waals surface area contributed by atoms with Gasteiger partial charge in [-0.2, -0.15) is 0 Å². The molecule has 1 atom stereocenters.